The number of fused-ring (bicyclic) bond motifs is 1. The van der Waals surface area contributed by atoms with Crippen LogP contribution in [0.15, 0.2) is 35.4 Å². The fourth-order valence-corrected chi connectivity index (χ4v) is 5.00. The minimum absolute atomic E-state index is 0.101. The third-order valence-corrected chi connectivity index (χ3v) is 7.10. The zero-order valence-corrected chi connectivity index (χ0v) is 17.8. The summed E-state index contributed by atoms with van der Waals surface area (Å²) in [4.78, 5) is 12.9. The minimum atomic E-state index is -3.67. The molecule has 0 spiro atoms. The number of amides is 1. The van der Waals surface area contributed by atoms with Gasteiger partial charge in [0, 0.05) is 26.3 Å². The number of ether oxygens (including phenoxy) is 3. The highest BCUT2D eigenvalue weighted by atomic mass is 32.2. The van der Waals surface area contributed by atoms with E-state index in [0.29, 0.717) is 51.0 Å². The van der Waals surface area contributed by atoms with Crippen molar-refractivity contribution in [1.29, 1.82) is 0 Å². The van der Waals surface area contributed by atoms with Gasteiger partial charge in [0.15, 0.2) is 11.5 Å². The molecule has 10 heteroatoms. The number of aryl methyl sites for hydroxylation is 1. The van der Waals surface area contributed by atoms with Crippen molar-refractivity contribution in [1.82, 2.24) is 14.2 Å². The second-order valence-electron chi connectivity index (χ2n) is 7.29. The van der Waals surface area contributed by atoms with Crippen LogP contribution in [0.2, 0.25) is 0 Å². The van der Waals surface area contributed by atoms with Crippen LogP contribution in [0, 0.1) is 0 Å². The molecule has 0 saturated carbocycles. The molecular formula is C20H25N3O6S. The summed E-state index contributed by atoms with van der Waals surface area (Å²) < 4.78 is 45.0. The van der Waals surface area contributed by atoms with Crippen LogP contribution in [0.1, 0.15) is 29.0 Å². The molecular weight excluding hydrogens is 410 g/mol. The Morgan fingerprint density at radius 1 is 1.07 bits per heavy atom. The molecule has 1 fully saturated rings. The molecule has 2 aliphatic rings. The van der Waals surface area contributed by atoms with Crippen LogP contribution in [0.5, 0.6) is 11.5 Å². The molecule has 1 aromatic heterocycles. The van der Waals surface area contributed by atoms with Gasteiger partial charge in [-0.3, -0.25) is 4.79 Å². The molecule has 2 aromatic rings. The van der Waals surface area contributed by atoms with Crippen molar-refractivity contribution in [3.8, 4) is 11.5 Å². The van der Waals surface area contributed by atoms with Gasteiger partial charge in [0.05, 0.1) is 19.3 Å². The Balaban J connectivity index is 1.50. The second-order valence-corrected chi connectivity index (χ2v) is 9.22. The number of sulfonamides is 1. The Bertz CT molecular complexity index is 1040. The summed E-state index contributed by atoms with van der Waals surface area (Å²) in [6.45, 7) is 4.21. The molecule has 1 N–H and O–H groups in total. The van der Waals surface area contributed by atoms with E-state index < -0.39 is 10.0 Å². The maximum absolute atomic E-state index is 12.9. The first-order valence-electron chi connectivity index (χ1n) is 9.81. The van der Waals surface area contributed by atoms with Gasteiger partial charge in [-0.05, 0) is 30.7 Å². The standard InChI is InChI=1S/C20H25N3O6S/c1-14(15-3-4-18-19(11-15)29-10-9-28-18)21-20(24)17-12-16(13-22(17)2)30(25,26)23-5-7-27-8-6-23/h3-4,11-14H,5-10H2,1-2H3,(H,21,24)/t14-/m1/s1. The molecule has 30 heavy (non-hydrogen) atoms. The number of nitrogens with zero attached hydrogens (tertiary/aromatic N) is 2. The largest absolute Gasteiger partial charge is 0.486 e. The quantitative estimate of drug-likeness (QED) is 0.760. The van der Waals surface area contributed by atoms with Crippen molar-refractivity contribution in [2.75, 3.05) is 39.5 Å². The van der Waals surface area contributed by atoms with Crippen molar-refractivity contribution in [2.24, 2.45) is 7.05 Å². The number of benzene rings is 1. The second kappa shape index (κ2) is 8.29. The first-order valence-corrected chi connectivity index (χ1v) is 11.2. The summed E-state index contributed by atoms with van der Waals surface area (Å²) in [5, 5.41) is 2.92. The van der Waals surface area contributed by atoms with E-state index in [1.165, 1.54) is 21.1 Å². The summed E-state index contributed by atoms with van der Waals surface area (Å²) in [6, 6.07) is 6.65. The number of nitrogens with one attached hydrogen (secondary N) is 1. The fraction of sp³-hybridized carbons (Fsp3) is 0.450. The van der Waals surface area contributed by atoms with Crippen LogP contribution in [0.4, 0.5) is 0 Å². The zero-order valence-electron chi connectivity index (χ0n) is 17.0. The van der Waals surface area contributed by atoms with E-state index in [1.54, 1.807) is 7.05 Å². The van der Waals surface area contributed by atoms with E-state index in [-0.39, 0.29) is 22.5 Å². The molecule has 2 aliphatic heterocycles. The van der Waals surface area contributed by atoms with Crippen molar-refractivity contribution in [3.63, 3.8) is 0 Å². The van der Waals surface area contributed by atoms with Gasteiger partial charge >= 0.3 is 0 Å². The van der Waals surface area contributed by atoms with Gasteiger partial charge in [-0.2, -0.15) is 4.31 Å². The number of aromatic nitrogens is 1. The van der Waals surface area contributed by atoms with E-state index in [9.17, 15) is 13.2 Å². The van der Waals surface area contributed by atoms with E-state index in [0.717, 1.165) is 5.56 Å². The highest BCUT2D eigenvalue weighted by Gasteiger charge is 2.29. The summed E-state index contributed by atoms with van der Waals surface area (Å²) in [6.07, 6.45) is 1.47. The summed E-state index contributed by atoms with van der Waals surface area (Å²) in [7, 11) is -2.01. The maximum atomic E-state index is 12.9. The lowest BCUT2D eigenvalue weighted by molar-refractivity contribution is 0.0730. The van der Waals surface area contributed by atoms with E-state index in [2.05, 4.69) is 5.32 Å². The maximum Gasteiger partial charge on any atom is 0.268 e. The topological polar surface area (TPSA) is 99.1 Å². The smallest absolute Gasteiger partial charge is 0.268 e. The highest BCUT2D eigenvalue weighted by Crippen LogP contribution is 2.32. The van der Waals surface area contributed by atoms with Gasteiger partial charge in [0.2, 0.25) is 10.0 Å². The third-order valence-electron chi connectivity index (χ3n) is 5.23. The molecule has 0 radical (unpaired) electrons. The van der Waals surface area contributed by atoms with Gasteiger partial charge < -0.3 is 24.1 Å². The van der Waals surface area contributed by atoms with Crippen molar-refractivity contribution < 1.29 is 27.4 Å². The number of morpholine rings is 1. The van der Waals surface area contributed by atoms with Gasteiger partial charge in [-0.15, -0.1) is 0 Å². The van der Waals surface area contributed by atoms with Gasteiger partial charge in [0.25, 0.3) is 5.91 Å². The molecule has 1 amide bonds. The monoisotopic (exact) mass is 435 g/mol. The Labute approximate surface area is 175 Å². The van der Waals surface area contributed by atoms with Crippen LogP contribution in [0.3, 0.4) is 0 Å². The summed E-state index contributed by atoms with van der Waals surface area (Å²) in [5.74, 6) is 0.977. The number of rotatable bonds is 5. The van der Waals surface area contributed by atoms with Crippen LogP contribution in [-0.2, 0) is 21.8 Å². The Hall–Kier alpha value is -2.56. The van der Waals surface area contributed by atoms with E-state index in [1.807, 2.05) is 25.1 Å². The summed E-state index contributed by atoms with van der Waals surface area (Å²) >= 11 is 0. The molecule has 1 aromatic carbocycles. The lowest BCUT2D eigenvalue weighted by Gasteiger charge is -2.25. The Kier molecular flexibility index (Phi) is 5.72. The lowest BCUT2D eigenvalue weighted by Crippen LogP contribution is -2.40. The molecule has 0 aliphatic carbocycles. The number of hydrogen-bond donors (Lipinski definition) is 1. The third kappa shape index (κ3) is 4.03. The molecule has 3 heterocycles. The van der Waals surface area contributed by atoms with Gasteiger partial charge in [-0.1, -0.05) is 6.07 Å². The summed E-state index contributed by atoms with van der Waals surface area (Å²) in [5.41, 5.74) is 1.13. The molecule has 1 atom stereocenters. The molecule has 1 saturated heterocycles. The van der Waals surface area contributed by atoms with Crippen LogP contribution in [-0.4, -0.2) is 62.7 Å². The zero-order chi connectivity index (χ0) is 21.3. The Morgan fingerprint density at radius 3 is 2.50 bits per heavy atom. The molecule has 0 unspecified atom stereocenters. The molecule has 0 bridgehead atoms. The predicted octanol–water partition coefficient (Wildman–Crippen LogP) is 1.31. The first-order chi connectivity index (χ1) is 14.4. The Morgan fingerprint density at radius 2 is 1.77 bits per heavy atom. The lowest BCUT2D eigenvalue weighted by atomic mass is 10.1. The molecule has 4 rings (SSSR count). The van der Waals surface area contributed by atoms with E-state index >= 15 is 0 Å². The average Bonchev–Trinajstić information content (AvgIpc) is 3.16. The normalized spacial score (nSPS) is 18.1. The van der Waals surface area contributed by atoms with Crippen molar-refractivity contribution in [2.45, 2.75) is 17.9 Å². The highest BCUT2D eigenvalue weighted by molar-refractivity contribution is 7.89. The van der Waals surface area contributed by atoms with Crippen molar-refractivity contribution >= 4 is 15.9 Å². The van der Waals surface area contributed by atoms with E-state index in [4.69, 9.17) is 14.2 Å². The van der Waals surface area contributed by atoms with Gasteiger partial charge in [0.1, 0.15) is 23.8 Å². The fourth-order valence-electron chi connectivity index (χ4n) is 3.52. The molecule has 9 nitrogen and oxygen atoms in total. The SMILES string of the molecule is C[C@@H](NC(=O)c1cc(S(=O)(=O)N2CCOCC2)cn1C)c1ccc2c(c1)OCCO2. The number of hydrogen-bond acceptors (Lipinski definition) is 6. The van der Waals surface area contributed by atoms with Crippen LogP contribution < -0.4 is 14.8 Å². The minimum Gasteiger partial charge on any atom is -0.486 e. The van der Waals surface area contributed by atoms with Gasteiger partial charge in [-0.25, -0.2) is 8.42 Å². The average molecular weight is 436 g/mol. The first kappa shape index (κ1) is 20.7. The number of carbonyl (C=O) groups is 1. The molecule has 162 valence electrons. The van der Waals surface area contributed by atoms with Crippen molar-refractivity contribution in [3.05, 3.63) is 41.7 Å². The number of carbonyl (C=O) groups excluding carboxylic acids is 1. The van der Waals surface area contributed by atoms with Crippen LogP contribution in [0.25, 0.3) is 0 Å². The predicted molar refractivity (Wildman–Crippen MR) is 108 cm³/mol. The van der Waals surface area contributed by atoms with Crippen LogP contribution >= 0.6 is 0 Å².